The van der Waals surface area contributed by atoms with Gasteiger partial charge in [-0.3, -0.25) is 14.3 Å². The van der Waals surface area contributed by atoms with Crippen molar-refractivity contribution in [3.63, 3.8) is 0 Å². The second-order valence-electron chi connectivity index (χ2n) is 8.18. The number of rotatable bonds is 4. The van der Waals surface area contributed by atoms with Crippen LogP contribution in [-0.4, -0.2) is 27.0 Å². The molecule has 0 N–H and O–H groups in total. The van der Waals surface area contributed by atoms with Crippen molar-refractivity contribution in [2.24, 2.45) is 5.92 Å². The molecule has 2 aliphatic carbocycles. The average Bonchev–Trinajstić information content (AvgIpc) is 3.11. The Labute approximate surface area is 148 Å². The molecule has 3 aliphatic rings. The van der Waals surface area contributed by atoms with Gasteiger partial charge in [-0.15, -0.1) is 0 Å². The zero-order chi connectivity index (χ0) is 16.8. The van der Waals surface area contributed by atoms with Gasteiger partial charge in [0, 0.05) is 12.6 Å². The van der Waals surface area contributed by atoms with Crippen molar-refractivity contribution < 1.29 is 0 Å². The lowest BCUT2D eigenvalue weighted by molar-refractivity contribution is 0.172. The van der Waals surface area contributed by atoms with Crippen LogP contribution in [-0.2, 0) is 6.54 Å². The zero-order valence-corrected chi connectivity index (χ0v) is 14.9. The van der Waals surface area contributed by atoms with Gasteiger partial charge >= 0.3 is 0 Å². The zero-order valence-electron chi connectivity index (χ0n) is 14.9. The molecule has 1 unspecified atom stereocenters. The molecule has 0 amide bonds. The first-order valence-electron chi connectivity index (χ1n) is 10.1. The van der Waals surface area contributed by atoms with Gasteiger partial charge in [-0.1, -0.05) is 25.0 Å². The lowest BCUT2D eigenvalue weighted by atomic mass is 10.1. The summed E-state index contributed by atoms with van der Waals surface area (Å²) in [6, 6.07) is 8.90. The number of hydrogen-bond donors (Lipinski definition) is 0. The van der Waals surface area contributed by atoms with Crippen molar-refractivity contribution in [1.82, 2.24) is 14.5 Å². The van der Waals surface area contributed by atoms with E-state index in [1.807, 2.05) is 28.8 Å². The first-order valence-corrected chi connectivity index (χ1v) is 10.1. The number of hydrogen-bond acceptors (Lipinski definition) is 3. The third-order valence-corrected chi connectivity index (χ3v) is 6.41. The molecule has 1 aromatic carbocycles. The van der Waals surface area contributed by atoms with E-state index in [2.05, 4.69) is 4.90 Å². The van der Waals surface area contributed by atoms with E-state index in [1.54, 1.807) is 0 Å². The van der Waals surface area contributed by atoms with Crippen LogP contribution in [0.15, 0.2) is 29.1 Å². The van der Waals surface area contributed by atoms with Crippen LogP contribution in [0.25, 0.3) is 10.9 Å². The summed E-state index contributed by atoms with van der Waals surface area (Å²) < 4.78 is 2.04. The molecule has 0 spiro atoms. The molecule has 25 heavy (non-hydrogen) atoms. The molecule has 4 heteroatoms. The first kappa shape index (κ1) is 15.6. The largest absolute Gasteiger partial charge is 0.295 e. The highest BCUT2D eigenvalue weighted by molar-refractivity contribution is 5.77. The van der Waals surface area contributed by atoms with Crippen molar-refractivity contribution in [3.8, 4) is 0 Å². The van der Waals surface area contributed by atoms with E-state index in [1.165, 1.54) is 51.5 Å². The molecule has 1 atom stereocenters. The predicted octanol–water partition coefficient (Wildman–Crippen LogP) is 3.89. The smallest absolute Gasteiger partial charge is 0.261 e. The summed E-state index contributed by atoms with van der Waals surface area (Å²) in [4.78, 5) is 20.9. The Kier molecular flexibility index (Phi) is 3.89. The summed E-state index contributed by atoms with van der Waals surface area (Å²) in [5, 5.41) is 0.775. The molecule has 2 aromatic rings. The topological polar surface area (TPSA) is 38.1 Å². The van der Waals surface area contributed by atoms with Crippen LogP contribution in [0.2, 0.25) is 0 Å². The molecule has 0 bridgehead atoms. The molecule has 4 nitrogen and oxygen atoms in total. The molecule has 5 rings (SSSR count). The molecular weight excluding hydrogens is 310 g/mol. The molecule has 0 radical (unpaired) electrons. The first-order chi connectivity index (χ1) is 12.3. The second-order valence-corrected chi connectivity index (χ2v) is 8.18. The maximum atomic E-state index is 13.2. The third-order valence-electron chi connectivity index (χ3n) is 6.41. The lowest BCUT2D eigenvalue weighted by Gasteiger charge is -2.31. The molecule has 1 aliphatic heterocycles. The maximum absolute atomic E-state index is 13.2. The van der Waals surface area contributed by atoms with Crippen LogP contribution < -0.4 is 5.56 Å². The standard InChI is InChI=1S/C21H27N3O/c25-21-17-8-3-4-9-18(17)22-20(24(21)14-15-11-12-15)19-10-5-13-23(19)16-6-1-2-7-16/h3-4,8-9,15-16,19H,1-2,5-7,10-14H2. The summed E-state index contributed by atoms with van der Waals surface area (Å²) in [7, 11) is 0. The van der Waals surface area contributed by atoms with Crippen molar-refractivity contribution in [1.29, 1.82) is 0 Å². The summed E-state index contributed by atoms with van der Waals surface area (Å²) in [6.07, 6.45) is 10.2. The van der Waals surface area contributed by atoms with Gasteiger partial charge in [0.15, 0.2) is 0 Å². The van der Waals surface area contributed by atoms with Gasteiger partial charge < -0.3 is 0 Å². The minimum atomic E-state index is 0.172. The predicted molar refractivity (Wildman–Crippen MR) is 99.7 cm³/mol. The Morgan fingerprint density at radius 1 is 1.00 bits per heavy atom. The highest BCUT2D eigenvalue weighted by atomic mass is 16.1. The van der Waals surface area contributed by atoms with Crippen LogP contribution in [0.5, 0.6) is 0 Å². The average molecular weight is 337 g/mol. The Morgan fingerprint density at radius 3 is 2.60 bits per heavy atom. The number of benzene rings is 1. The van der Waals surface area contributed by atoms with Crippen LogP contribution in [0.3, 0.4) is 0 Å². The van der Waals surface area contributed by atoms with E-state index < -0.39 is 0 Å². The summed E-state index contributed by atoms with van der Waals surface area (Å²) in [5.74, 6) is 1.72. The molecule has 2 saturated carbocycles. The van der Waals surface area contributed by atoms with Gasteiger partial charge in [-0.05, 0) is 63.1 Å². The quantitative estimate of drug-likeness (QED) is 0.849. The molecule has 2 heterocycles. The Hall–Kier alpha value is -1.68. The van der Waals surface area contributed by atoms with Crippen molar-refractivity contribution in [2.45, 2.75) is 70.0 Å². The van der Waals surface area contributed by atoms with Gasteiger partial charge in [0.25, 0.3) is 5.56 Å². The van der Waals surface area contributed by atoms with Crippen LogP contribution in [0.4, 0.5) is 0 Å². The Morgan fingerprint density at radius 2 is 1.80 bits per heavy atom. The van der Waals surface area contributed by atoms with Gasteiger partial charge in [0.1, 0.15) is 5.82 Å². The van der Waals surface area contributed by atoms with Gasteiger partial charge in [0.2, 0.25) is 0 Å². The highest BCUT2D eigenvalue weighted by Gasteiger charge is 2.36. The minimum Gasteiger partial charge on any atom is -0.295 e. The number of likely N-dealkylation sites (tertiary alicyclic amines) is 1. The van der Waals surface area contributed by atoms with Crippen LogP contribution >= 0.6 is 0 Å². The van der Waals surface area contributed by atoms with Crippen molar-refractivity contribution >= 4 is 10.9 Å². The molecule has 3 fully saturated rings. The van der Waals surface area contributed by atoms with Crippen LogP contribution in [0.1, 0.15) is 63.2 Å². The van der Waals surface area contributed by atoms with E-state index in [0.29, 0.717) is 18.0 Å². The van der Waals surface area contributed by atoms with E-state index >= 15 is 0 Å². The van der Waals surface area contributed by atoms with Crippen molar-refractivity contribution in [3.05, 3.63) is 40.4 Å². The fourth-order valence-corrected chi connectivity index (χ4v) is 4.91. The number of para-hydroxylation sites is 1. The fourth-order valence-electron chi connectivity index (χ4n) is 4.91. The Bertz CT molecular complexity index is 833. The lowest BCUT2D eigenvalue weighted by Crippen LogP contribution is -2.37. The third kappa shape index (κ3) is 2.80. The molecule has 1 aromatic heterocycles. The van der Waals surface area contributed by atoms with E-state index in [-0.39, 0.29) is 5.56 Å². The van der Waals surface area contributed by atoms with Crippen molar-refractivity contribution in [2.75, 3.05) is 6.54 Å². The summed E-state index contributed by atoms with van der Waals surface area (Å²) in [5.41, 5.74) is 1.04. The monoisotopic (exact) mass is 337 g/mol. The molecule has 132 valence electrons. The van der Waals surface area contributed by atoms with E-state index in [0.717, 1.165) is 29.7 Å². The number of fused-ring (bicyclic) bond motifs is 1. The maximum Gasteiger partial charge on any atom is 0.261 e. The van der Waals surface area contributed by atoms with E-state index in [4.69, 9.17) is 4.98 Å². The van der Waals surface area contributed by atoms with Gasteiger partial charge in [-0.25, -0.2) is 4.98 Å². The Balaban J connectivity index is 1.61. The second kappa shape index (κ2) is 6.24. The SMILES string of the molecule is O=c1c2ccccc2nc(C2CCCN2C2CCCC2)n1CC1CC1. The van der Waals surface area contributed by atoms with Gasteiger partial charge in [-0.2, -0.15) is 0 Å². The van der Waals surface area contributed by atoms with Gasteiger partial charge in [0.05, 0.1) is 16.9 Å². The summed E-state index contributed by atoms with van der Waals surface area (Å²) >= 11 is 0. The molecular formula is C21H27N3O. The normalized spacial score (nSPS) is 25.2. The van der Waals surface area contributed by atoms with E-state index in [9.17, 15) is 4.79 Å². The van der Waals surface area contributed by atoms with Crippen LogP contribution in [0, 0.1) is 5.92 Å². The summed E-state index contributed by atoms with van der Waals surface area (Å²) in [6.45, 7) is 2.03. The number of aromatic nitrogens is 2. The molecule has 1 saturated heterocycles. The highest BCUT2D eigenvalue weighted by Crippen LogP contribution is 2.38. The minimum absolute atomic E-state index is 0.172. The fraction of sp³-hybridized carbons (Fsp3) is 0.619. The number of nitrogens with zero attached hydrogens (tertiary/aromatic N) is 3.